The Morgan fingerprint density at radius 1 is 0.892 bits per heavy atom. The third kappa shape index (κ3) is 5.65. The lowest BCUT2D eigenvalue weighted by Gasteiger charge is -2.15. The molecular formula is C26H24ClN5O5. The van der Waals surface area contributed by atoms with E-state index in [1.54, 1.807) is 67.8 Å². The largest absolute Gasteiger partial charge is 0.497 e. The molecule has 2 N–H and O–H groups in total. The number of rotatable bonds is 9. The Morgan fingerprint density at radius 3 is 2.11 bits per heavy atom. The molecule has 0 radical (unpaired) electrons. The number of halogens is 1. The van der Waals surface area contributed by atoms with Gasteiger partial charge in [0.2, 0.25) is 5.75 Å². The second-order valence-corrected chi connectivity index (χ2v) is 7.99. The topological polar surface area (TPSA) is 120 Å². The fourth-order valence-electron chi connectivity index (χ4n) is 3.48. The van der Waals surface area contributed by atoms with E-state index in [1.165, 1.54) is 21.3 Å². The third-order valence-electron chi connectivity index (χ3n) is 5.35. The van der Waals surface area contributed by atoms with Gasteiger partial charge in [0.05, 0.1) is 34.1 Å². The van der Waals surface area contributed by atoms with Gasteiger partial charge < -0.3 is 18.9 Å². The molecule has 1 aromatic heterocycles. The highest BCUT2D eigenvalue weighted by atomic mass is 35.5. The van der Waals surface area contributed by atoms with E-state index < -0.39 is 5.56 Å². The van der Waals surface area contributed by atoms with E-state index in [0.717, 1.165) is 0 Å². The van der Waals surface area contributed by atoms with Crippen LogP contribution in [0.1, 0.15) is 11.3 Å². The molecule has 1 heterocycles. The van der Waals surface area contributed by atoms with Crippen molar-refractivity contribution in [1.82, 2.24) is 15.2 Å². The number of aromatic amines is 1. The van der Waals surface area contributed by atoms with Crippen LogP contribution < -0.4 is 29.9 Å². The summed E-state index contributed by atoms with van der Waals surface area (Å²) in [6.45, 7) is 0. The van der Waals surface area contributed by atoms with Gasteiger partial charge in [-0.2, -0.15) is 10.2 Å². The number of H-pyrrole nitrogens is 1. The number of benzene rings is 3. The average Bonchev–Trinajstić information content (AvgIpc) is 2.94. The van der Waals surface area contributed by atoms with E-state index in [0.29, 0.717) is 50.7 Å². The standard InChI is InChI=1S/C26H24ClN5O5/c1-34-19-11-5-15(6-12-19)25-28-23(26(33)32-31-25)22(30-29-18-9-7-17(27)8-10-18)16-13-20(35-2)24(37-4)21(14-16)36-3/h5-14,29H,1-4H3,(H,32,33)/b30-22-. The van der Waals surface area contributed by atoms with Crippen molar-refractivity contribution in [3.05, 3.63) is 87.3 Å². The van der Waals surface area contributed by atoms with Crippen LogP contribution in [0.15, 0.2) is 70.6 Å². The molecule has 0 saturated heterocycles. The smallest absolute Gasteiger partial charge is 0.292 e. The van der Waals surface area contributed by atoms with E-state index in [-0.39, 0.29) is 11.4 Å². The summed E-state index contributed by atoms with van der Waals surface area (Å²) in [6.07, 6.45) is 0. The van der Waals surface area contributed by atoms with Crippen LogP contribution in [0.4, 0.5) is 5.69 Å². The van der Waals surface area contributed by atoms with Crippen molar-refractivity contribution in [2.24, 2.45) is 5.10 Å². The predicted octanol–water partition coefficient (Wildman–Crippen LogP) is 4.38. The number of aromatic nitrogens is 3. The number of nitrogens with one attached hydrogen (secondary N) is 2. The molecule has 10 nitrogen and oxygen atoms in total. The number of hydrogen-bond acceptors (Lipinski definition) is 9. The minimum Gasteiger partial charge on any atom is -0.497 e. The molecule has 0 fully saturated rings. The minimum absolute atomic E-state index is 0.0246. The summed E-state index contributed by atoms with van der Waals surface area (Å²) < 4.78 is 21.7. The van der Waals surface area contributed by atoms with Gasteiger partial charge in [-0.1, -0.05) is 11.6 Å². The van der Waals surface area contributed by atoms with Gasteiger partial charge in [-0.15, -0.1) is 0 Å². The second kappa shape index (κ2) is 11.4. The Labute approximate surface area is 217 Å². The van der Waals surface area contributed by atoms with Crippen molar-refractivity contribution in [3.63, 3.8) is 0 Å². The lowest BCUT2D eigenvalue weighted by atomic mass is 10.1. The first-order valence-corrected chi connectivity index (χ1v) is 11.4. The zero-order chi connectivity index (χ0) is 26.4. The van der Waals surface area contributed by atoms with Gasteiger partial charge in [0, 0.05) is 16.1 Å². The summed E-state index contributed by atoms with van der Waals surface area (Å²) in [7, 11) is 6.09. The minimum atomic E-state index is -0.539. The van der Waals surface area contributed by atoms with Crippen molar-refractivity contribution < 1.29 is 18.9 Å². The van der Waals surface area contributed by atoms with E-state index in [2.05, 4.69) is 25.7 Å². The molecule has 0 atom stereocenters. The molecule has 0 unspecified atom stereocenters. The van der Waals surface area contributed by atoms with E-state index in [4.69, 9.17) is 30.5 Å². The molecule has 0 aliphatic rings. The van der Waals surface area contributed by atoms with Crippen LogP contribution in [-0.4, -0.2) is 49.3 Å². The molecule has 0 aliphatic carbocycles. The fourth-order valence-corrected chi connectivity index (χ4v) is 3.61. The number of nitrogens with zero attached hydrogens (tertiary/aromatic N) is 3. The zero-order valence-electron chi connectivity index (χ0n) is 20.5. The van der Waals surface area contributed by atoms with Gasteiger partial charge in [-0.3, -0.25) is 10.2 Å². The molecule has 4 rings (SSSR count). The Morgan fingerprint density at radius 2 is 1.54 bits per heavy atom. The van der Waals surface area contributed by atoms with Crippen LogP contribution in [0.25, 0.3) is 11.4 Å². The van der Waals surface area contributed by atoms with Crippen LogP contribution in [-0.2, 0) is 0 Å². The fraction of sp³-hybridized carbons (Fsp3) is 0.154. The van der Waals surface area contributed by atoms with Crippen LogP contribution in [0.2, 0.25) is 5.02 Å². The van der Waals surface area contributed by atoms with Crippen LogP contribution >= 0.6 is 11.6 Å². The molecule has 0 aliphatic heterocycles. The van der Waals surface area contributed by atoms with E-state index in [1.807, 2.05) is 0 Å². The van der Waals surface area contributed by atoms with Crippen LogP contribution in [0.3, 0.4) is 0 Å². The normalized spacial score (nSPS) is 11.1. The summed E-state index contributed by atoms with van der Waals surface area (Å²) in [6, 6.07) is 17.4. The number of ether oxygens (including phenoxy) is 4. The lowest BCUT2D eigenvalue weighted by molar-refractivity contribution is 0.324. The predicted molar refractivity (Wildman–Crippen MR) is 141 cm³/mol. The zero-order valence-corrected chi connectivity index (χ0v) is 21.3. The molecule has 190 valence electrons. The Kier molecular flexibility index (Phi) is 7.89. The van der Waals surface area contributed by atoms with Crippen molar-refractivity contribution in [2.45, 2.75) is 0 Å². The summed E-state index contributed by atoms with van der Waals surface area (Å²) in [5.74, 6) is 2.15. The van der Waals surface area contributed by atoms with Gasteiger partial charge >= 0.3 is 0 Å². The first-order valence-electron chi connectivity index (χ1n) is 11.0. The van der Waals surface area contributed by atoms with Crippen molar-refractivity contribution in [2.75, 3.05) is 33.9 Å². The molecule has 37 heavy (non-hydrogen) atoms. The highest BCUT2D eigenvalue weighted by Crippen LogP contribution is 2.38. The van der Waals surface area contributed by atoms with Crippen molar-refractivity contribution >= 4 is 23.0 Å². The van der Waals surface area contributed by atoms with Gasteiger partial charge in [0.25, 0.3) is 5.56 Å². The molecule has 0 bridgehead atoms. The molecule has 0 saturated carbocycles. The maximum absolute atomic E-state index is 13.0. The second-order valence-electron chi connectivity index (χ2n) is 7.56. The molecular weight excluding hydrogens is 498 g/mol. The SMILES string of the molecule is COc1ccc(-c2n[nH]c(=O)c(/C(=N\Nc3ccc(Cl)cc3)c3cc(OC)c(OC)c(OC)c3)n2)cc1. The van der Waals surface area contributed by atoms with Gasteiger partial charge in [0.15, 0.2) is 23.0 Å². The molecule has 4 aromatic rings. The van der Waals surface area contributed by atoms with Crippen LogP contribution in [0, 0.1) is 0 Å². The van der Waals surface area contributed by atoms with Crippen molar-refractivity contribution in [3.8, 4) is 34.4 Å². The summed E-state index contributed by atoms with van der Waals surface area (Å²) in [5.41, 5.74) is 4.47. The van der Waals surface area contributed by atoms with Crippen molar-refractivity contribution in [1.29, 1.82) is 0 Å². The Balaban J connectivity index is 1.88. The number of methoxy groups -OCH3 is 4. The van der Waals surface area contributed by atoms with Gasteiger partial charge in [0.1, 0.15) is 11.5 Å². The number of hydrogen-bond donors (Lipinski definition) is 2. The molecule has 0 spiro atoms. The summed E-state index contributed by atoms with van der Waals surface area (Å²) in [4.78, 5) is 17.5. The third-order valence-corrected chi connectivity index (χ3v) is 5.60. The monoisotopic (exact) mass is 521 g/mol. The molecule has 11 heteroatoms. The maximum atomic E-state index is 13.0. The quantitative estimate of drug-likeness (QED) is 0.246. The summed E-state index contributed by atoms with van der Waals surface area (Å²) in [5, 5.41) is 11.7. The first-order chi connectivity index (χ1) is 18.0. The average molecular weight is 522 g/mol. The molecule has 0 amide bonds. The van der Waals surface area contributed by atoms with Gasteiger partial charge in [-0.05, 0) is 60.7 Å². The maximum Gasteiger partial charge on any atom is 0.292 e. The highest BCUT2D eigenvalue weighted by molar-refractivity contribution is 6.30. The van der Waals surface area contributed by atoms with E-state index >= 15 is 0 Å². The number of anilines is 1. The molecule has 3 aromatic carbocycles. The van der Waals surface area contributed by atoms with Crippen LogP contribution in [0.5, 0.6) is 23.0 Å². The first kappa shape index (κ1) is 25.5. The Hall–Kier alpha value is -4.57. The van der Waals surface area contributed by atoms with E-state index in [9.17, 15) is 4.79 Å². The Bertz CT molecular complexity index is 1450. The van der Waals surface area contributed by atoms with Gasteiger partial charge in [-0.25, -0.2) is 10.1 Å². The summed E-state index contributed by atoms with van der Waals surface area (Å²) >= 11 is 6.00. The number of hydrazone groups is 1. The highest BCUT2D eigenvalue weighted by Gasteiger charge is 2.21. The lowest BCUT2D eigenvalue weighted by Crippen LogP contribution is -2.24.